The van der Waals surface area contributed by atoms with Crippen LogP contribution < -0.4 is 20.3 Å². The average Bonchev–Trinajstić information content (AvgIpc) is 3.78. The Morgan fingerprint density at radius 3 is 2.58 bits per heavy atom. The lowest BCUT2D eigenvalue weighted by Crippen LogP contribution is -2.46. The topological polar surface area (TPSA) is 125 Å². The molecule has 2 atom stereocenters. The highest BCUT2D eigenvalue weighted by Crippen LogP contribution is 2.41. The summed E-state index contributed by atoms with van der Waals surface area (Å²) in [7, 11) is 0. The number of halogens is 6. The molecule has 2 fully saturated rings. The van der Waals surface area contributed by atoms with Crippen molar-refractivity contribution in [1.29, 1.82) is 0 Å². The lowest BCUT2D eigenvalue weighted by Gasteiger charge is -2.36. The number of alkyl halides is 4. The van der Waals surface area contributed by atoms with Crippen LogP contribution in [0.1, 0.15) is 50.3 Å². The van der Waals surface area contributed by atoms with Crippen LogP contribution in [0.2, 0.25) is 0 Å². The minimum atomic E-state index is -4.66. The number of aromatic nitrogens is 4. The van der Waals surface area contributed by atoms with E-state index in [1.165, 1.54) is 36.5 Å². The van der Waals surface area contributed by atoms with Gasteiger partial charge in [0, 0.05) is 42.1 Å². The van der Waals surface area contributed by atoms with Gasteiger partial charge in [0.15, 0.2) is 5.82 Å². The maximum absolute atomic E-state index is 17.0. The van der Waals surface area contributed by atoms with Gasteiger partial charge in [0.1, 0.15) is 47.1 Å². The number of benzene rings is 2. The van der Waals surface area contributed by atoms with Crippen LogP contribution in [-0.4, -0.2) is 68.9 Å². The minimum Gasteiger partial charge on any atom is -0.508 e. The van der Waals surface area contributed by atoms with Crippen LogP contribution in [0.15, 0.2) is 61.4 Å². The first kappa shape index (κ1) is 39.1. The van der Waals surface area contributed by atoms with Crippen molar-refractivity contribution in [3.63, 3.8) is 0 Å². The molecule has 5 aromatic rings. The zero-order chi connectivity index (χ0) is 40.7. The number of phenols is 1. The van der Waals surface area contributed by atoms with E-state index in [2.05, 4.69) is 43.1 Å². The van der Waals surface area contributed by atoms with Gasteiger partial charge in [-0.15, -0.1) is 6.42 Å². The molecule has 296 valence electrons. The van der Waals surface area contributed by atoms with Crippen molar-refractivity contribution in [2.75, 3.05) is 36.5 Å². The second-order valence-electron chi connectivity index (χ2n) is 14.8. The van der Waals surface area contributed by atoms with E-state index >= 15 is 8.78 Å². The first-order chi connectivity index (χ1) is 27.1. The van der Waals surface area contributed by atoms with Gasteiger partial charge in [0.05, 0.1) is 34.9 Å². The van der Waals surface area contributed by atoms with Crippen LogP contribution in [-0.2, 0) is 11.0 Å². The number of amides is 1. The number of carbonyl (C=O) groups excluding carboxylic acids is 1. The SMILES string of the molecule is C#Cc1c(F)ccc2cc(O)cc(-c3ncc4c(NCC5(CNC(=O)C=C)CCCC5)nc(OC[C@]5(C)C[C@@H](F)CN5c5ccc(C(F)(F)F)nc5)nc4c3F)c12. The van der Waals surface area contributed by atoms with Crippen LogP contribution in [0.3, 0.4) is 0 Å². The predicted octanol–water partition coefficient (Wildman–Crippen LogP) is 7.88. The summed E-state index contributed by atoms with van der Waals surface area (Å²) in [6, 6.07) is 6.84. The Hall–Kier alpha value is -6.11. The molecule has 3 N–H and O–H groups in total. The van der Waals surface area contributed by atoms with Crippen molar-refractivity contribution in [2.45, 2.75) is 56.9 Å². The van der Waals surface area contributed by atoms with Crippen molar-refractivity contribution in [3.8, 4) is 35.4 Å². The Morgan fingerprint density at radius 1 is 1.12 bits per heavy atom. The van der Waals surface area contributed by atoms with Gasteiger partial charge in [-0.2, -0.15) is 23.1 Å². The van der Waals surface area contributed by atoms with E-state index in [9.17, 15) is 27.5 Å². The Morgan fingerprint density at radius 2 is 1.89 bits per heavy atom. The molecule has 1 aliphatic carbocycles. The molecule has 57 heavy (non-hydrogen) atoms. The van der Waals surface area contributed by atoms with Crippen LogP contribution >= 0.6 is 0 Å². The van der Waals surface area contributed by atoms with Gasteiger partial charge in [0.2, 0.25) is 5.91 Å². The van der Waals surface area contributed by atoms with Gasteiger partial charge in [-0.3, -0.25) is 9.78 Å². The van der Waals surface area contributed by atoms with Gasteiger partial charge in [0.25, 0.3) is 0 Å². The largest absolute Gasteiger partial charge is 0.508 e. The number of nitrogens with one attached hydrogen (secondary N) is 2. The lowest BCUT2D eigenvalue weighted by atomic mass is 9.86. The molecular formula is C41H37F6N7O3. The summed E-state index contributed by atoms with van der Waals surface area (Å²) in [6.45, 7) is 5.41. The lowest BCUT2D eigenvalue weighted by molar-refractivity contribution is -0.141. The number of phenolic OH excluding ortho intramolecular Hbond substituents is 1. The minimum absolute atomic E-state index is 0.00329. The summed E-state index contributed by atoms with van der Waals surface area (Å²) in [5.41, 5.74) is -3.08. The summed E-state index contributed by atoms with van der Waals surface area (Å²) in [6.07, 6.45) is 6.51. The van der Waals surface area contributed by atoms with Crippen LogP contribution in [0, 0.1) is 29.4 Å². The summed E-state index contributed by atoms with van der Waals surface area (Å²) in [4.78, 5) is 30.6. The second-order valence-corrected chi connectivity index (χ2v) is 14.8. The number of terminal acetylenes is 1. The van der Waals surface area contributed by atoms with Crippen molar-refractivity contribution in [1.82, 2.24) is 25.3 Å². The number of hydrogen-bond donors (Lipinski definition) is 3. The third kappa shape index (κ3) is 7.70. The number of fused-ring (bicyclic) bond motifs is 2. The van der Waals surface area contributed by atoms with E-state index in [-0.39, 0.29) is 87.3 Å². The molecule has 3 aromatic heterocycles. The van der Waals surface area contributed by atoms with Gasteiger partial charge < -0.3 is 25.4 Å². The molecule has 16 heteroatoms. The Balaban J connectivity index is 1.29. The standard InChI is InChI=1S/C41H37F6N7O3/c1-4-27-30(43)10-8-23-14-26(55)15-28(33(23)27)35-34(44)36-29(18-49-35)37(51-21-40(12-6-7-13-40)20-50-32(56)5-2)53-38(52-36)57-22-39(3)16-24(42)19-54(39)25-9-11-31(48-17-25)41(45,46)47/h1,5,8-11,14-15,17-18,24,55H,2,6-7,12-13,16,19-22H2,3H3,(H,50,56)(H,51,52,53)/t24-,39+/m1/s1. The highest BCUT2D eigenvalue weighted by atomic mass is 19.4. The molecule has 1 amide bonds. The first-order valence-electron chi connectivity index (χ1n) is 18.1. The molecule has 4 heterocycles. The maximum atomic E-state index is 17.0. The fraction of sp³-hybridized carbons (Fsp3) is 0.341. The van der Waals surface area contributed by atoms with Crippen molar-refractivity contribution in [3.05, 3.63) is 84.3 Å². The Kier molecular flexibility index (Phi) is 10.4. The molecule has 0 bridgehead atoms. The molecule has 7 rings (SSSR count). The number of ether oxygens (including phenoxy) is 1. The summed E-state index contributed by atoms with van der Waals surface area (Å²) in [5, 5.41) is 17.4. The van der Waals surface area contributed by atoms with Crippen LogP contribution in [0.5, 0.6) is 11.8 Å². The van der Waals surface area contributed by atoms with Crippen LogP contribution in [0.4, 0.5) is 37.8 Å². The average molecular weight is 790 g/mol. The Bertz CT molecular complexity index is 2410. The summed E-state index contributed by atoms with van der Waals surface area (Å²) < 4.78 is 92.8. The quantitative estimate of drug-likeness (QED) is 0.0697. The fourth-order valence-electron chi connectivity index (χ4n) is 7.89. The third-order valence-corrected chi connectivity index (χ3v) is 10.8. The first-order valence-corrected chi connectivity index (χ1v) is 18.1. The van der Waals surface area contributed by atoms with E-state index < -0.39 is 35.2 Å². The number of pyridine rings is 2. The number of anilines is 2. The molecular weight excluding hydrogens is 752 g/mol. The monoisotopic (exact) mass is 789 g/mol. The van der Waals surface area contributed by atoms with Crippen molar-refractivity contribution in [2.24, 2.45) is 5.41 Å². The molecule has 10 nitrogen and oxygen atoms in total. The maximum Gasteiger partial charge on any atom is 0.433 e. The second kappa shape index (κ2) is 15.1. The van der Waals surface area contributed by atoms with E-state index in [0.29, 0.717) is 18.5 Å². The van der Waals surface area contributed by atoms with Gasteiger partial charge in [-0.25, -0.2) is 18.2 Å². The highest BCUT2D eigenvalue weighted by molar-refractivity contribution is 6.03. The number of rotatable bonds is 11. The van der Waals surface area contributed by atoms with E-state index in [0.717, 1.165) is 44.0 Å². The van der Waals surface area contributed by atoms with Crippen molar-refractivity contribution < 1.29 is 41.0 Å². The smallest absolute Gasteiger partial charge is 0.433 e. The number of nitrogens with zero attached hydrogens (tertiary/aromatic N) is 5. The molecule has 1 aliphatic heterocycles. The molecule has 2 aromatic carbocycles. The molecule has 1 saturated heterocycles. The molecule has 2 aliphatic rings. The van der Waals surface area contributed by atoms with E-state index in [1.54, 1.807) is 11.8 Å². The van der Waals surface area contributed by atoms with Crippen molar-refractivity contribution >= 4 is 39.1 Å². The summed E-state index contributed by atoms with van der Waals surface area (Å²) >= 11 is 0. The third-order valence-electron chi connectivity index (χ3n) is 10.8. The predicted molar refractivity (Wildman–Crippen MR) is 202 cm³/mol. The molecule has 0 unspecified atom stereocenters. The zero-order valence-corrected chi connectivity index (χ0v) is 30.7. The summed E-state index contributed by atoms with van der Waals surface area (Å²) in [5.74, 6) is 0.161. The number of aromatic hydroxyl groups is 1. The fourth-order valence-corrected chi connectivity index (χ4v) is 7.89. The van der Waals surface area contributed by atoms with Gasteiger partial charge in [-0.1, -0.05) is 31.4 Å². The van der Waals surface area contributed by atoms with E-state index in [4.69, 9.17) is 11.2 Å². The highest BCUT2D eigenvalue weighted by Gasteiger charge is 2.44. The van der Waals surface area contributed by atoms with Gasteiger partial charge in [-0.05, 0) is 61.6 Å². The van der Waals surface area contributed by atoms with E-state index in [1.807, 2.05) is 0 Å². The molecule has 0 radical (unpaired) electrons. The molecule has 1 saturated carbocycles. The Labute approximate surface area is 323 Å². The molecule has 0 spiro atoms. The number of hydrogen-bond acceptors (Lipinski definition) is 9. The normalized spacial score (nSPS) is 19.1. The number of carbonyl (C=O) groups is 1. The van der Waals surface area contributed by atoms with Gasteiger partial charge >= 0.3 is 12.2 Å². The zero-order valence-electron chi connectivity index (χ0n) is 30.7. The van der Waals surface area contributed by atoms with Crippen LogP contribution in [0.25, 0.3) is 32.9 Å².